The van der Waals surface area contributed by atoms with E-state index in [0.29, 0.717) is 5.76 Å². The molecule has 128 valence electrons. The third-order valence-corrected chi connectivity index (χ3v) is 4.86. The molecule has 0 aromatic carbocycles. The lowest BCUT2D eigenvalue weighted by atomic mass is 9.68. The number of carbonyl (C=O) groups is 1. The first kappa shape index (κ1) is 16.6. The molecule has 0 bridgehead atoms. The lowest BCUT2D eigenvalue weighted by Crippen LogP contribution is -2.45. The SMILES string of the molecule is C=CC(C)(C)C1C2=C(C=CC(C)(C)O2)C(OC)=C2C=CC(=O)OC21. The van der Waals surface area contributed by atoms with E-state index in [4.69, 9.17) is 14.2 Å². The minimum atomic E-state index is -0.452. The summed E-state index contributed by atoms with van der Waals surface area (Å²) in [6, 6.07) is 0. The number of hydrogen-bond acceptors (Lipinski definition) is 4. The van der Waals surface area contributed by atoms with Gasteiger partial charge in [0.05, 0.1) is 18.6 Å². The van der Waals surface area contributed by atoms with E-state index in [1.54, 1.807) is 13.2 Å². The van der Waals surface area contributed by atoms with Crippen LogP contribution in [0.4, 0.5) is 0 Å². The van der Waals surface area contributed by atoms with Gasteiger partial charge in [0, 0.05) is 11.6 Å². The zero-order chi connectivity index (χ0) is 17.7. The second kappa shape index (κ2) is 5.40. The van der Waals surface area contributed by atoms with Gasteiger partial charge in [0.25, 0.3) is 0 Å². The molecular formula is C20H24O4. The molecule has 1 aliphatic carbocycles. The maximum Gasteiger partial charge on any atom is 0.331 e. The summed E-state index contributed by atoms with van der Waals surface area (Å²) in [5.41, 5.74) is 1.01. The standard InChI is InChI=1S/C20H24O4/c1-7-19(2,3)15-17-12(8-9-14(21)23-17)16(22-6)13-10-11-20(4,5)24-18(13)15/h7-11,15,17H,1H2,2-6H3. The minimum Gasteiger partial charge on any atom is -0.496 e. The van der Waals surface area contributed by atoms with Crippen LogP contribution in [0.2, 0.25) is 0 Å². The van der Waals surface area contributed by atoms with Crippen molar-refractivity contribution in [1.29, 1.82) is 0 Å². The van der Waals surface area contributed by atoms with Crippen LogP contribution in [0, 0.1) is 11.3 Å². The Morgan fingerprint density at radius 1 is 1.29 bits per heavy atom. The van der Waals surface area contributed by atoms with Gasteiger partial charge in [0.2, 0.25) is 0 Å². The monoisotopic (exact) mass is 328 g/mol. The van der Waals surface area contributed by atoms with E-state index in [1.165, 1.54) is 6.08 Å². The van der Waals surface area contributed by atoms with Gasteiger partial charge in [0.15, 0.2) is 0 Å². The molecule has 0 saturated heterocycles. The van der Waals surface area contributed by atoms with Gasteiger partial charge in [-0.05, 0) is 37.5 Å². The molecule has 2 atom stereocenters. The van der Waals surface area contributed by atoms with Crippen molar-refractivity contribution in [2.24, 2.45) is 11.3 Å². The van der Waals surface area contributed by atoms with E-state index < -0.39 is 11.7 Å². The van der Waals surface area contributed by atoms with Crippen LogP contribution in [0.3, 0.4) is 0 Å². The van der Waals surface area contributed by atoms with Crippen molar-refractivity contribution in [3.05, 3.63) is 59.6 Å². The van der Waals surface area contributed by atoms with Crippen LogP contribution in [-0.2, 0) is 19.0 Å². The molecule has 0 fully saturated rings. The predicted molar refractivity (Wildman–Crippen MR) is 91.9 cm³/mol. The quantitative estimate of drug-likeness (QED) is 0.583. The zero-order valence-corrected chi connectivity index (χ0v) is 14.9. The fourth-order valence-electron chi connectivity index (χ4n) is 3.47. The third kappa shape index (κ3) is 2.50. The van der Waals surface area contributed by atoms with Gasteiger partial charge >= 0.3 is 5.97 Å². The van der Waals surface area contributed by atoms with Crippen LogP contribution < -0.4 is 0 Å². The Morgan fingerprint density at radius 2 is 2.00 bits per heavy atom. The molecular weight excluding hydrogens is 304 g/mol. The number of ether oxygens (including phenoxy) is 3. The lowest BCUT2D eigenvalue weighted by Gasteiger charge is -2.46. The van der Waals surface area contributed by atoms with E-state index in [-0.39, 0.29) is 17.3 Å². The smallest absolute Gasteiger partial charge is 0.331 e. The fraction of sp³-hybridized carbons (Fsp3) is 0.450. The molecule has 2 unspecified atom stereocenters. The van der Waals surface area contributed by atoms with Crippen LogP contribution >= 0.6 is 0 Å². The maximum atomic E-state index is 11.9. The highest BCUT2D eigenvalue weighted by atomic mass is 16.6. The van der Waals surface area contributed by atoms with Crippen LogP contribution in [-0.4, -0.2) is 24.8 Å². The lowest BCUT2D eigenvalue weighted by molar-refractivity contribution is -0.146. The molecule has 4 nitrogen and oxygen atoms in total. The zero-order valence-electron chi connectivity index (χ0n) is 14.9. The summed E-state index contributed by atoms with van der Waals surface area (Å²) >= 11 is 0. The number of rotatable bonds is 3. The highest BCUT2D eigenvalue weighted by Gasteiger charge is 2.49. The fourth-order valence-corrected chi connectivity index (χ4v) is 3.47. The van der Waals surface area contributed by atoms with Gasteiger partial charge in [-0.3, -0.25) is 0 Å². The first-order valence-corrected chi connectivity index (χ1v) is 8.13. The summed E-state index contributed by atoms with van der Waals surface area (Å²) in [4.78, 5) is 11.9. The molecule has 2 aliphatic heterocycles. The highest BCUT2D eigenvalue weighted by Crippen LogP contribution is 2.50. The second-order valence-corrected chi connectivity index (χ2v) is 7.50. The Hall–Kier alpha value is -2.23. The Bertz CT molecular complexity index is 716. The summed E-state index contributed by atoms with van der Waals surface area (Å²) in [5, 5.41) is 0. The molecule has 0 aromatic rings. The Labute approximate surface area is 143 Å². The van der Waals surface area contributed by atoms with Crippen LogP contribution in [0.15, 0.2) is 59.6 Å². The molecule has 24 heavy (non-hydrogen) atoms. The molecule has 0 aromatic heterocycles. The Balaban J connectivity index is 2.25. The summed E-state index contributed by atoms with van der Waals surface area (Å²) in [6.07, 6.45) is 8.72. The van der Waals surface area contributed by atoms with Crippen molar-refractivity contribution >= 4 is 5.97 Å². The number of fused-ring (bicyclic) bond motifs is 1. The van der Waals surface area contributed by atoms with Crippen molar-refractivity contribution in [1.82, 2.24) is 0 Å². The molecule has 3 aliphatic rings. The van der Waals surface area contributed by atoms with E-state index in [2.05, 4.69) is 20.4 Å². The summed E-state index contributed by atoms with van der Waals surface area (Å²) in [7, 11) is 1.63. The summed E-state index contributed by atoms with van der Waals surface area (Å²) in [5.74, 6) is 0.971. The second-order valence-electron chi connectivity index (χ2n) is 7.50. The first-order valence-electron chi connectivity index (χ1n) is 8.13. The summed E-state index contributed by atoms with van der Waals surface area (Å²) < 4.78 is 17.7. The van der Waals surface area contributed by atoms with Crippen LogP contribution in [0.5, 0.6) is 0 Å². The number of hydrogen-bond donors (Lipinski definition) is 0. The number of allylic oxidation sites excluding steroid dienone is 2. The molecule has 2 heterocycles. The Morgan fingerprint density at radius 3 is 2.62 bits per heavy atom. The van der Waals surface area contributed by atoms with Crippen molar-refractivity contribution in [2.75, 3.05) is 7.11 Å². The Kier molecular flexibility index (Phi) is 3.74. The normalized spacial score (nSPS) is 28.0. The molecule has 0 spiro atoms. The third-order valence-electron chi connectivity index (χ3n) is 4.86. The van der Waals surface area contributed by atoms with E-state index in [9.17, 15) is 4.79 Å². The van der Waals surface area contributed by atoms with Gasteiger partial charge < -0.3 is 14.2 Å². The van der Waals surface area contributed by atoms with Gasteiger partial charge in [-0.25, -0.2) is 4.79 Å². The first-order chi connectivity index (χ1) is 11.2. The molecule has 0 N–H and O–H groups in total. The van der Waals surface area contributed by atoms with E-state index >= 15 is 0 Å². The molecule has 0 radical (unpaired) electrons. The van der Waals surface area contributed by atoms with E-state index in [0.717, 1.165) is 16.9 Å². The van der Waals surface area contributed by atoms with Gasteiger partial charge in [-0.1, -0.05) is 19.9 Å². The van der Waals surface area contributed by atoms with Crippen molar-refractivity contribution in [3.8, 4) is 0 Å². The molecule has 0 saturated carbocycles. The minimum absolute atomic E-state index is 0.169. The van der Waals surface area contributed by atoms with Crippen LogP contribution in [0.25, 0.3) is 0 Å². The van der Waals surface area contributed by atoms with Gasteiger partial charge in [-0.15, -0.1) is 6.58 Å². The maximum absolute atomic E-state index is 11.9. The van der Waals surface area contributed by atoms with Crippen molar-refractivity contribution in [2.45, 2.75) is 39.4 Å². The number of esters is 1. The largest absolute Gasteiger partial charge is 0.496 e. The summed E-state index contributed by atoms with van der Waals surface area (Å²) in [6.45, 7) is 12.1. The average molecular weight is 328 g/mol. The number of carbonyl (C=O) groups excluding carboxylic acids is 1. The molecule has 4 heteroatoms. The average Bonchev–Trinajstić information content (AvgIpc) is 2.51. The molecule has 3 rings (SSSR count). The van der Waals surface area contributed by atoms with Gasteiger partial charge in [-0.2, -0.15) is 0 Å². The highest BCUT2D eigenvalue weighted by molar-refractivity contribution is 5.85. The topological polar surface area (TPSA) is 44.8 Å². The van der Waals surface area contributed by atoms with Gasteiger partial charge in [0.1, 0.15) is 23.2 Å². The predicted octanol–water partition coefficient (Wildman–Crippen LogP) is 3.83. The van der Waals surface area contributed by atoms with Crippen LogP contribution in [0.1, 0.15) is 27.7 Å². The van der Waals surface area contributed by atoms with Crippen molar-refractivity contribution < 1.29 is 19.0 Å². The van der Waals surface area contributed by atoms with Crippen molar-refractivity contribution in [3.63, 3.8) is 0 Å². The van der Waals surface area contributed by atoms with E-state index in [1.807, 2.05) is 32.1 Å². The molecule has 0 amide bonds. The number of methoxy groups -OCH3 is 1.